The number of nitrogens with one attached hydrogen (secondary N) is 1. The molecule has 0 aliphatic carbocycles. The Balaban J connectivity index is 2.58. The third-order valence-electron chi connectivity index (χ3n) is 4.08. The number of ether oxygens (including phenoxy) is 1. The first-order valence-corrected chi connectivity index (χ1v) is 8.62. The third-order valence-corrected chi connectivity index (χ3v) is 4.08. The molecule has 120 valence electrons. The average Bonchev–Trinajstić information content (AvgIpc) is 2.48. The van der Waals surface area contributed by atoms with E-state index in [2.05, 4.69) is 44.3 Å². The Bertz CT molecular complexity index is 379. The number of aryl methyl sites for hydroxylation is 1. The van der Waals surface area contributed by atoms with Crippen molar-refractivity contribution in [3.8, 4) is 5.75 Å². The Morgan fingerprint density at radius 2 is 1.62 bits per heavy atom. The van der Waals surface area contributed by atoms with Crippen LogP contribution in [-0.4, -0.2) is 13.2 Å². The van der Waals surface area contributed by atoms with Crippen molar-refractivity contribution in [3.63, 3.8) is 0 Å². The Kier molecular flexibility index (Phi) is 8.96. The molecule has 0 saturated heterocycles. The number of unbranched alkanes of at least 4 members (excludes halogenated alkanes) is 4. The molecule has 0 spiro atoms. The highest BCUT2D eigenvalue weighted by Crippen LogP contribution is 2.23. The van der Waals surface area contributed by atoms with Gasteiger partial charge in [0.2, 0.25) is 0 Å². The summed E-state index contributed by atoms with van der Waals surface area (Å²) in [6, 6.07) is 7.01. The predicted octanol–water partition coefficient (Wildman–Crippen LogP) is 5.94. The molecule has 0 unspecified atom stereocenters. The van der Waals surface area contributed by atoms with E-state index in [0.717, 1.165) is 5.75 Å². The lowest BCUT2D eigenvalue weighted by Gasteiger charge is -2.20. The van der Waals surface area contributed by atoms with Gasteiger partial charge in [0.1, 0.15) is 5.75 Å². The molecule has 0 aromatic heterocycles. The second-order valence-corrected chi connectivity index (χ2v) is 6.02. The van der Waals surface area contributed by atoms with E-state index < -0.39 is 0 Å². The minimum absolute atomic E-state index is 0.607. The number of anilines is 1. The van der Waals surface area contributed by atoms with Crippen molar-refractivity contribution < 1.29 is 4.74 Å². The van der Waals surface area contributed by atoms with Gasteiger partial charge in [-0.15, -0.1) is 0 Å². The van der Waals surface area contributed by atoms with Gasteiger partial charge < -0.3 is 10.1 Å². The molecule has 2 nitrogen and oxygen atoms in total. The van der Waals surface area contributed by atoms with Crippen molar-refractivity contribution in [2.24, 2.45) is 0 Å². The van der Waals surface area contributed by atoms with Gasteiger partial charge in [0, 0.05) is 11.7 Å². The highest BCUT2D eigenvalue weighted by atomic mass is 16.5. The van der Waals surface area contributed by atoms with Crippen LogP contribution in [-0.2, 0) is 0 Å². The van der Waals surface area contributed by atoms with Crippen LogP contribution < -0.4 is 10.1 Å². The summed E-state index contributed by atoms with van der Waals surface area (Å²) in [6.45, 7) is 6.64. The van der Waals surface area contributed by atoms with Gasteiger partial charge >= 0.3 is 0 Å². The number of benzene rings is 1. The van der Waals surface area contributed by atoms with Gasteiger partial charge in [-0.2, -0.15) is 0 Å². The summed E-state index contributed by atoms with van der Waals surface area (Å²) in [5.74, 6) is 0.967. The van der Waals surface area contributed by atoms with E-state index in [4.69, 9.17) is 4.74 Å². The molecule has 0 saturated carbocycles. The van der Waals surface area contributed by atoms with Crippen LogP contribution in [0.5, 0.6) is 5.75 Å². The van der Waals surface area contributed by atoms with Gasteiger partial charge in [0.05, 0.1) is 7.11 Å². The number of hydrogen-bond acceptors (Lipinski definition) is 2. The highest BCUT2D eigenvalue weighted by molar-refractivity contribution is 5.51. The maximum absolute atomic E-state index is 5.34. The van der Waals surface area contributed by atoms with Crippen molar-refractivity contribution in [3.05, 3.63) is 23.8 Å². The average molecular weight is 291 g/mol. The van der Waals surface area contributed by atoms with Gasteiger partial charge in [0.15, 0.2) is 0 Å². The summed E-state index contributed by atoms with van der Waals surface area (Å²) < 4.78 is 5.34. The number of hydrogen-bond donors (Lipinski definition) is 1. The van der Waals surface area contributed by atoms with Gasteiger partial charge in [-0.1, -0.05) is 52.4 Å². The zero-order chi connectivity index (χ0) is 15.5. The fraction of sp³-hybridized carbons (Fsp3) is 0.684. The lowest BCUT2D eigenvalue weighted by atomic mass is 10.0. The minimum atomic E-state index is 0.607. The van der Waals surface area contributed by atoms with E-state index in [1.165, 1.54) is 62.6 Å². The van der Waals surface area contributed by atoms with Gasteiger partial charge in [0.25, 0.3) is 0 Å². The lowest BCUT2D eigenvalue weighted by molar-refractivity contribution is 0.411. The van der Waals surface area contributed by atoms with Crippen molar-refractivity contribution in [1.29, 1.82) is 0 Å². The van der Waals surface area contributed by atoms with Crippen molar-refractivity contribution in [2.75, 3.05) is 12.4 Å². The highest BCUT2D eigenvalue weighted by Gasteiger charge is 2.09. The summed E-state index contributed by atoms with van der Waals surface area (Å²) >= 11 is 0. The third kappa shape index (κ3) is 6.88. The predicted molar refractivity (Wildman–Crippen MR) is 93.4 cm³/mol. The van der Waals surface area contributed by atoms with Crippen LogP contribution in [0, 0.1) is 6.92 Å². The number of rotatable bonds is 11. The zero-order valence-corrected chi connectivity index (χ0v) is 14.4. The van der Waals surface area contributed by atoms with Crippen molar-refractivity contribution in [2.45, 2.75) is 78.2 Å². The molecule has 2 heteroatoms. The van der Waals surface area contributed by atoms with E-state index in [1.807, 2.05) is 0 Å². The maximum Gasteiger partial charge on any atom is 0.121 e. The fourth-order valence-electron chi connectivity index (χ4n) is 2.77. The van der Waals surface area contributed by atoms with Crippen LogP contribution in [0.1, 0.15) is 70.8 Å². The molecule has 1 rings (SSSR count). The fourth-order valence-corrected chi connectivity index (χ4v) is 2.77. The summed E-state index contributed by atoms with van der Waals surface area (Å²) in [7, 11) is 1.73. The monoisotopic (exact) mass is 291 g/mol. The first kappa shape index (κ1) is 17.9. The van der Waals surface area contributed by atoms with Crippen LogP contribution in [0.3, 0.4) is 0 Å². The van der Waals surface area contributed by atoms with Gasteiger partial charge in [-0.3, -0.25) is 0 Å². The van der Waals surface area contributed by atoms with E-state index in [1.54, 1.807) is 7.11 Å². The quantitative estimate of drug-likeness (QED) is 0.509. The standard InChI is InChI=1S/C19H33NO/c1-5-7-9-11-17(12-10-8-6-2)20-18-13-14-19(21-4)16(3)15-18/h13-15,17,20H,5-12H2,1-4H3. The van der Waals surface area contributed by atoms with Crippen LogP contribution in [0.2, 0.25) is 0 Å². The molecule has 0 aliphatic rings. The smallest absolute Gasteiger partial charge is 0.121 e. The summed E-state index contributed by atoms with van der Waals surface area (Å²) in [5.41, 5.74) is 2.43. The molecule has 0 amide bonds. The van der Waals surface area contributed by atoms with Crippen LogP contribution in [0.4, 0.5) is 5.69 Å². The Labute approximate surface area is 131 Å². The second kappa shape index (κ2) is 10.5. The van der Waals surface area contributed by atoms with Crippen LogP contribution in [0.15, 0.2) is 18.2 Å². The molecule has 0 fully saturated rings. The molecular weight excluding hydrogens is 258 g/mol. The second-order valence-electron chi connectivity index (χ2n) is 6.02. The maximum atomic E-state index is 5.34. The first-order valence-electron chi connectivity index (χ1n) is 8.62. The van der Waals surface area contributed by atoms with Crippen LogP contribution in [0.25, 0.3) is 0 Å². The van der Waals surface area contributed by atoms with Gasteiger partial charge in [-0.25, -0.2) is 0 Å². The molecule has 1 aromatic carbocycles. The van der Waals surface area contributed by atoms with E-state index in [-0.39, 0.29) is 0 Å². The largest absolute Gasteiger partial charge is 0.496 e. The van der Waals surface area contributed by atoms with Crippen molar-refractivity contribution in [1.82, 2.24) is 0 Å². The molecule has 21 heavy (non-hydrogen) atoms. The first-order chi connectivity index (χ1) is 10.2. The van der Waals surface area contributed by atoms with Gasteiger partial charge in [-0.05, 0) is 43.5 Å². The Morgan fingerprint density at radius 1 is 1.00 bits per heavy atom. The molecule has 0 heterocycles. The topological polar surface area (TPSA) is 21.3 Å². The van der Waals surface area contributed by atoms with E-state index in [0.29, 0.717) is 6.04 Å². The van der Waals surface area contributed by atoms with Crippen molar-refractivity contribution >= 4 is 5.69 Å². The summed E-state index contributed by atoms with van der Waals surface area (Å²) in [4.78, 5) is 0. The molecular formula is C19H33NO. The minimum Gasteiger partial charge on any atom is -0.496 e. The molecule has 1 aromatic rings. The molecule has 0 aliphatic heterocycles. The number of methoxy groups -OCH3 is 1. The normalized spacial score (nSPS) is 10.9. The molecule has 0 bridgehead atoms. The SMILES string of the molecule is CCCCCC(CCCCC)Nc1ccc(OC)c(C)c1. The lowest BCUT2D eigenvalue weighted by Crippen LogP contribution is -2.19. The van der Waals surface area contributed by atoms with E-state index in [9.17, 15) is 0 Å². The molecule has 0 atom stereocenters. The zero-order valence-electron chi connectivity index (χ0n) is 14.4. The van der Waals surface area contributed by atoms with Crippen LogP contribution >= 0.6 is 0 Å². The summed E-state index contributed by atoms with van der Waals surface area (Å²) in [5, 5.41) is 3.73. The Morgan fingerprint density at radius 3 is 2.10 bits per heavy atom. The van der Waals surface area contributed by atoms with E-state index >= 15 is 0 Å². The molecule has 0 radical (unpaired) electrons. The Hall–Kier alpha value is -1.18. The summed E-state index contributed by atoms with van der Waals surface area (Å²) in [6.07, 6.45) is 10.5. The molecule has 1 N–H and O–H groups in total.